The molecule has 0 radical (unpaired) electrons. The molecule has 3 aromatic carbocycles. The lowest BCUT2D eigenvalue weighted by atomic mass is 10.0. The Morgan fingerprint density at radius 1 is 0.879 bits per heavy atom. The Morgan fingerprint density at radius 2 is 1.48 bits per heavy atom. The summed E-state index contributed by atoms with van der Waals surface area (Å²) in [4.78, 5) is 13.0. The molecule has 1 amide bonds. The third-order valence-electron chi connectivity index (χ3n) is 5.66. The molecular formula is C26H31N3O3S. The second-order valence-corrected chi connectivity index (χ2v) is 10.5. The quantitative estimate of drug-likeness (QED) is 0.510. The minimum atomic E-state index is -3.58. The summed E-state index contributed by atoms with van der Waals surface area (Å²) in [6.07, 6.45) is 0. The highest BCUT2D eigenvalue weighted by molar-refractivity contribution is 7.89. The lowest BCUT2D eigenvalue weighted by Gasteiger charge is -2.21. The summed E-state index contributed by atoms with van der Waals surface area (Å²) in [7, 11) is -0.626. The lowest BCUT2D eigenvalue weighted by Crippen LogP contribution is -2.39. The Bertz CT molecular complexity index is 1210. The van der Waals surface area contributed by atoms with Gasteiger partial charge >= 0.3 is 0 Å². The van der Waals surface area contributed by atoms with Crippen LogP contribution in [-0.4, -0.2) is 38.8 Å². The summed E-state index contributed by atoms with van der Waals surface area (Å²) in [6.45, 7) is 5.63. The fourth-order valence-electron chi connectivity index (χ4n) is 3.49. The van der Waals surface area contributed by atoms with Crippen molar-refractivity contribution in [2.45, 2.75) is 37.8 Å². The number of nitrogens with zero attached hydrogens (tertiary/aromatic N) is 1. The van der Waals surface area contributed by atoms with Crippen molar-refractivity contribution < 1.29 is 13.2 Å². The van der Waals surface area contributed by atoms with Crippen LogP contribution in [0.1, 0.15) is 31.0 Å². The van der Waals surface area contributed by atoms with Crippen molar-refractivity contribution in [3.63, 3.8) is 0 Å². The largest absolute Gasteiger partial charge is 0.324 e. The third kappa shape index (κ3) is 5.87. The maximum absolute atomic E-state index is 12.8. The van der Waals surface area contributed by atoms with E-state index in [-0.39, 0.29) is 16.8 Å². The Balaban J connectivity index is 1.67. The summed E-state index contributed by atoms with van der Waals surface area (Å²) in [5.41, 5.74) is 4.64. The van der Waals surface area contributed by atoms with Crippen molar-refractivity contribution in [1.82, 2.24) is 9.62 Å². The van der Waals surface area contributed by atoms with Crippen LogP contribution in [0.5, 0.6) is 0 Å². The van der Waals surface area contributed by atoms with Crippen molar-refractivity contribution in [2.75, 3.05) is 19.4 Å². The van der Waals surface area contributed by atoms with Crippen LogP contribution in [0.15, 0.2) is 77.7 Å². The van der Waals surface area contributed by atoms with Crippen LogP contribution in [0.25, 0.3) is 11.1 Å². The summed E-state index contributed by atoms with van der Waals surface area (Å²) in [5.74, 6) is -0.231. The molecule has 0 aliphatic rings. The number of nitrogens with one attached hydrogen (secondary N) is 2. The Hall–Kier alpha value is -3.00. The molecule has 0 spiro atoms. The number of carbonyl (C=O) groups excluding carboxylic acids is 1. The van der Waals surface area contributed by atoms with Crippen molar-refractivity contribution in [3.8, 4) is 11.1 Å². The first kappa shape index (κ1) is 24.6. The van der Waals surface area contributed by atoms with E-state index in [1.807, 2.05) is 32.0 Å². The SMILES string of the molecule is Cc1ccc(S(=O)(=O)N(C)C)cc1NC(=O)[C@@H](C)N[C@H](C)c1ccc(-c2ccccc2)cc1. The van der Waals surface area contributed by atoms with E-state index in [2.05, 4.69) is 47.0 Å². The average molecular weight is 466 g/mol. The number of rotatable bonds is 8. The van der Waals surface area contributed by atoms with E-state index in [0.717, 1.165) is 26.6 Å². The molecule has 174 valence electrons. The van der Waals surface area contributed by atoms with Crippen LogP contribution in [0.2, 0.25) is 0 Å². The maximum atomic E-state index is 12.8. The predicted molar refractivity (Wildman–Crippen MR) is 134 cm³/mol. The predicted octanol–water partition coefficient (Wildman–Crippen LogP) is 4.59. The van der Waals surface area contributed by atoms with Gasteiger partial charge in [-0.05, 0) is 55.2 Å². The first-order chi connectivity index (χ1) is 15.6. The second kappa shape index (κ2) is 10.3. The topological polar surface area (TPSA) is 78.5 Å². The molecule has 0 saturated heterocycles. The Morgan fingerprint density at radius 3 is 2.09 bits per heavy atom. The molecule has 2 N–H and O–H groups in total. The molecule has 3 rings (SSSR count). The number of hydrogen-bond donors (Lipinski definition) is 2. The minimum absolute atomic E-state index is 0.0443. The molecule has 2 atom stereocenters. The molecule has 0 bridgehead atoms. The molecule has 0 aliphatic heterocycles. The van der Waals surface area contributed by atoms with Crippen molar-refractivity contribution in [2.24, 2.45) is 0 Å². The number of anilines is 1. The highest BCUT2D eigenvalue weighted by Gasteiger charge is 2.21. The van der Waals surface area contributed by atoms with Crippen molar-refractivity contribution in [1.29, 1.82) is 0 Å². The fourth-order valence-corrected chi connectivity index (χ4v) is 4.42. The van der Waals surface area contributed by atoms with Gasteiger partial charge in [-0.15, -0.1) is 0 Å². The monoisotopic (exact) mass is 465 g/mol. The molecule has 0 fully saturated rings. The first-order valence-corrected chi connectivity index (χ1v) is 12.3. The van der Waals surface area contributed by atoms with E-state index in [1.165, 1.54) is 20.2 Å². The average Bonchev–Trinajstić information content (AvgIpc) is 2.80. The van der Waals surface area contributed by atoms with E-state index < -0.39 is 16.1 Å². The molecule has 0 unspecified atom stereocenters. The number of sulfonamides is 1. The van der Waals surface area contributed by atoms with Gasteiger partial charge in [0.1, 0.15) is 0 Å². The van der Waals surface area contributed by atoms with Gasteiger partial charge in [0.05, 0.1) is 10.9 Å². The van der Waals surface area contributed by atoms with Gasteiger partial charge in [-0.3, -0.25) is 10.1 Å². The molecule has 6 nitrogen and oxygen atoms in total. The highest BCUT2D eigenvalue weighted by Crippen LogP contribution is 2.24. The zero-order valence-electron chi connectivity index (χ0n) is 19.7. The maximum Gasteiger partial charge on any atom is 0.242 e. The van der Waals surface area contributed by atoms with Crippen LogP contribution in [0.4, 0.5) is 5.69 Å². The van der Waals surface area contributed by atoms with Crippen LogP contribution in [0.3, 0.4) is 0 Å². The van der Waals surface area contributed by atoms with Crippen LogP contribution < -0.4 is 10.6 Å². The molecule has 33 heavy (non-hydrogen) atoms. The van der Waals surface area contributed by atoms with Gasteiger partial charge in [-0.2, -0.15) is 0 Å². The normalized spacial score (nSPS) is 13.5. The first-order valence-electron chi connectivity index (χ1n) is 10.8. The number of hydrogen-bond acceptors (Lipinski definition) is 4. The number of carbonyl (C=O) groups is 1. The number of benzene rings is 3. The van der Waals surface area contributed by atoms with Crippen LogP contribution in [-0.2, 0) is 14.8 Å². The molecule has 7 heteroatoms. The van der Waals surface area contributed by atoms with Gasteiger partial charge in [0.25, 0.3) is 0 Å². The molecule has 0 aliphatic carbocycles. The van der Waals surface area contributed by atoms with E-state index in [9.17, 15) is 13.2 Å². The van der Waals surface area contributed by atoms with Gasteiger partial charge < -0.3 is 5.32 Å². The van der Waals surface area contributed by atoms with Crippen molar-refractivity contribution >= 4 is 21.6 Å². The van der Waals surface area contributed by atoms with Crippen LogP contribution in [0, 0.1) is 6.92 Å². The number of amides is 1. The van der Waals surface area contributed by atoms with Gasteiger partial charge in [-0.25, -0.2) is 12.7 Å². The van der Waals surface area contributed by atoms with E-state index in [4.69, 9.17) is 0 Å². The molecular weight excluding hydrogens is 434 g/mol. The van der Waals surface area contributed by atoms with Crippen LogP contribution >= 0.6 is 0 Å². The van der Waals surface area contributed by atoms with Gasteiger partial charge in [0.2, 0.25) is 15.9 Å². The van der Waals surface area contributed by atoms with Gasteiger partial charge in [-0.1, -0.05) is 60.7 Å². The number of aryl methyl sites for hydroxylation is 1. The highest BCUT2D eigenvalue weighted by atomic mass is 32.2. The molecule has 3 aromatic rings. The smallest absolute Gasteiger partial charge is 0.242 e. The summed E-state index contributed by atoms with van der Waals surface area (Å²) in [6, 6.07) is 22.7. The Kier molecular flexibility index (Phi) is 7.68. The van der Waals surface area contributed by atoms with Crippen molar-refractivity contribution in [3.05, 3.63) is 83.9 Å². The standard InChI is InChI=1S/C26H31N3O3S/c1-18-11-16-24(33(31,32)29(4)5)17-25(18)28-26(30)20(3)27-19(2)21-12-14-23(15-13-21)22-9-7-6-8-10-22/h6-17,19-20,27H,1-5H3,(H,28,30)/t19-,20-/m1/s1. The van der Waals surface area contributed by atoms with Gasteiger partial charge in [0.15, 0.2) is 0 Å². The molecule has 0 heterocycles. The zero-order valence-corrected chi connectivity index (χ0v) is 20.5. The minimum Gasteiger partial charge on any atom is -0.324 e. The Labute approximate surface area is 196 Å². The lowest BCUT2D eigenvalue weighted by molar-refractivity contribution is -0.117. The summed E-state index contributed by atoms with van der Waals surface area (Å²) < 4.78 is 26.0. The summed E-state index contributed by atoms with van der Waals surface area (Å²) in [5, 5.41) is 6.18. The van der Waals surface area contributed by atoms with E-state index in [0.29, 0.717) is 5.69 Å². The second-order valence-electron chi connectivity index (χ2n) is 8.35. The molecule has 0 aromatic heterocycles. The summed E-state index contributed by atoms with van der Waals surface area (Å²) >= 11 is 0. The zero-order chi connectivity index (χ0) is 24.2. The third-order valence-corrected chi connectivity index (χ3v) is 7.47. The van der Waals surface area contributed by atoms with Gasteiger partial charge in [0, 0.05) is 25.8 Å². The van der Waals surface area contributed by atoms with E-state index >= 15 is 0 Å². The van der Waals surface area contributed by atoms with E-state index in [1.54, 1.807) is 19.1 Å². The molecule has 0 saturated carbocycles. The fraction of sp³-hybridized carbons (Fsp3) is 0.269.